The first-order chi connectivity index (χ1) is 14.6. The van der Waals surface area contributed by atoms with Gasteiger partial charge in [0, 0.05) is 5.57 Å². The number of carbonyl (C=O) groups excluding carboxylic acids is 2. The molecule has 0 aromatic heterocycles. The van der Waals surface area contributed by atoms with Gasteiger partial charge >= 0.3 is 0 Å². The van der Waals surface area contributed by atoms with Crippen molar-refractivity contribution >= 4 is 29.1 Å². The molecule has 1 N–H and O–H groups in total. The van der Waals surface area contributed by atoms with E-state index in [0.29, 0.717) is 17.0 Å². The van der Waals surface area contributed by atoms with E-state index in [1.54, 1.807) is 18.2 Å². The molecule has 0 fully saturated rings. The van der Waals surface area contributed by atoms with Crippen LogP contribution in [0.3, 0.4) is 0 Å². The molecule has 5 nitrogen and oxygen atoms in total. The quantitative estimate of drug-likeness (QED) is 0.695. The number of ether oxygens (including phenoxy) is 1. The Kier molecular flexibility index (Phi) is 5.44. The summed E-state index contributed by atoms with van der Waals surface area (Å²) in [5.41, 5.74) is 4.62. The summed E-state index contributed by atoms with van der Waals surface area (Å²) in [5, 5.41) is 13.6. The molecule has 4 rings (SSSR count). The maximum absolute atomic E-state index is 12.9. The van der Waals surface area contributed by atoms with E-state index in [1.165, 1.54) is 0 Å². The maximum atomic E-state index is 12.9. The molecule has 148 valence electrons. The lowest BCUT2D eigenvalue weighted by Gasteiger charge is -2.09. The van der Waals surface area contributed by atoms with E-state index in [1.807, 2.05) is 72.8 Å². The Morgan fingerprint density at radius 2 is 1.50 bits per heavy atom. The molecule has 1 aliphatic heterocycles. The predicted molar refractivity (Wildman–Crippen MR) is 113 cm³/mol. The topological polar surface area (TPSA) is 78.5 Å². The first kappa shape index (κ1) is 19.2. The average Bonchev–Trinajstić information content (AvgIpc) is 3.09. The van der Waals surface area contributed by atoms with Gasteiger partial charge in [-0.25, -0.2) is 0 Å². The monoisotopic (exact) mass is 396 g/mol. The number of aliphatic carboxylic acids is 1. The summed E-state index contributed by atoms with van der Waals surface area (Å²) in [7, 11) is 0. The molecule has 3 aromatic rings. The molecule has 1 heterocycles. The lowest BCUT2D eigenvalue weighted by Crippen LogP contribution is -2.28. The van der Waals surface area contributed by atoms with Crippen molar-refractivity contribution in [3.8, 4) is 5.75 Å². The number of carbonyl (C=O) groups is 2. The van der Waals surface area contributed by atoms with Crippen molar-refractivity contribution < 1.29 is 19.4 Å². The minimum Gasteiger partial charge on any atom is -0.546 e. The van der Waals surface area contributed by atoms with Crippen LogP contribution in [-0.2, 0) is 9.59 Å². The Morgan fingerprint density at radius 1 is 0.867 bits per heavy atom. The fourth-order valence-electron chi connectivity index (χ4n) is 3.39. The molecule has 0 radical (unpaired) electrons. The summed E-state index contributed by atoms with van der Waals surface area (Å²) in [6, 6.07) is 26.3. The Balaban J connectivity index is 1.80. The standard InChI is InChI=1S/C25H19NO4/c27-22(28)16-30-20-13-7-8-17(14-20)15-21-23(18-9-3-1-4-10-18)24(25(29)26-21)19-11-5-2-6-12-19/h1-15H,16H2,(H,26,29)(H,27,28)/p-1/b21-15-. The number of benzene rings is 3. The SMILES string of the molecule is O=C([O-])COc1cccc(/C=C2\NC(=O)C(c3ccccc3)=C2c2ccccc2)c1. The van der Waals surface area contributed by atoms with Crippen LogP contribution in [0.15, 0.2) is 90.6 Å². The zero-order valence-corrected chi connectivity index (χ0v) is 16.0. The van der Waals surface area contributed by atoms with Gasteiger partial charge in [-0.15, -0.1) is 0 Å². The van der Waals surface area contributed by atoms with Crippen LogP contribution in [0.2, 0.25) is 0 Å². The predicted octanol–water partition coefficient (Wildman–Crippen LogP) is 2.90. The lowest BCUT2D eigenvalue weighted by atomic mass is 9.94. The Hall–Kier alpha value is -4.12. The largest absolute Gasteiger partial charge is 0.546 e. The minimum absolute atomic E-state index is 0.171. The highest BCUT2D eigenvalue weighted by atomic mass is 16.5. The first-order valence-electron chi connectivity index (χ1n) is 9.43. The van der Waals surface area contributed by atoms with Gasteiger partial charge in [0.2, 0.25) is 0 Å². The molecule has 30 heavy (non-hydrogen) atoms. The van der Waals surface area contributed by atoms with Crippen LogP contribution < -0.4 is 15.2 Å². The number of carboxylic acid groups (broad SMARTS) is 1. The van der Waals surface area contributed by atoms with Crippen molar-refractivity contribution in [3.05, 3.63) is 107 Å². The van der Waals surface area contributed by atoms with Gasteiger partial charge in [-0.1, -0.05) is 72.8 Å². The van der Waals surface area contributed by atoms with Gasteiger partial charge in [0.25, 0.3) is 5.91 Å². The fraction of sp³-hybridized carbons (Fsp3) is 0.0400. The highest BCUT2D eigenvalue weighted by molar-refractivity contribution is 6.34. The van der Waals surface area contributed by atoms with Crippen LogP contribution >= 0.6 is 0 Å². The molecule has 0 atom stereocenters. The van der Waals surface area contributed by atoms with E-state index in [4.69, 9.17) is 4.74 Å². The molecule has 0 spiro atoms. The van der Waals surface area contributed by atoms with Gasteiger partial charge in [-0.2, -0.15) is 0 Å². The second-order valence-electron chi connectivity index (χ2n) is 6.73. The molecule has 5 heteroatoms. The lowest BCUT2D eigenvalue weighted by molar-refractivity contribution is -0.307. The smallest absolute Gasteiger partial charge is 0.256 e. The van der Waals surface area contributed by atoms with Crippen molar-refractivity contribution in [2.45, 2.75) is 0 Å². The van der Waals surface area contributed by atoms with Crippen LogP contribution in [0.4, 0.5) is 0 Å². The van der Waals surface area contributed by atoms with Crippen molar-refractivity contribution in [1.82, 2.24) is 5.32 Å². The van der Waals surface area contributed by atoms with Crippen LogP contribution in [0.1, 0.15) is 16.7 Å². The number of amides is 1. The summed E-state index contributed by atoms with van der Waals surface area (Å²) in [6.45, 7) is -0.524. The van der Waals surface area contributed by atoms with Gasteiger partial charge in [-0.05, 0) is 34.9 Å². The first-order valence-corrected chi connectivity index (χ1v) is 9.43. The van der Waals surface area contributed by atoms with Gasteiger partial charge in [0.05, 0.1) is 17.2 Å². The molecule has 1 amide bonds. The highest BCUT2D eigenvalue weighted by Gasteiger charge is 2.29. The van der Waals surface area contributed by atoms with E-state index in [-0.39, 0.29) is 5.91 Å². The van der Waals surface area contributed by atoms with Gasteiger partial charge in [0.15, 0.2) is 0 Å². The molecule has 0 aliphatic carbocycles. The third-order valence-electron chi connectivity index (χ3n) is 4.65. The summed E-state index contributed by atoms with van der Waals surface area (Å²) in [5.74, 6) is -1.05. The maximum Gasteiger partial charge on any atom is 0.256 e. The van der Waals surface area contributed by atoms with Crippen LogP contribution in [0, 0.1) is 0 Å². The van der Waals surface area contributed by atoms with Crippen molar-refractivity contribution in [1.29, 1.82) is 0 Å². The zero-order chi connectivity index (χ0) is 20.9. The molecule has 0 unspecified atom stereocenters. The Bertz CT molecular complexity index is 1150. The second kappa shape index (κ2) is 8.49. The molecular weight excluding hydrogens is 378 g/mol. The van der Waals surface area contributed by atoms with Crippen molar-refractivity contribution in [3.63, 3.8) is 0 Å². The minimum atomic E-state index is -1.29. The van der Waals surface area contributed by atoms with E-state index in [0.717, 1.165) is 22.3 Å². The van der Waals surface area contributed by atoms with E-state index < -0.39 is 12.6 Å². The molecule has 0 saturated heterocycles. The van der Waals surface area contributed by atoms with E-state index in [9.17, 15) is 14.7 Å². The Morgan fingerprint density at radius 3 is 2.13 bits per heavy atom. The number of hydrogen-bond donors (Lipinski definition) is 1. The average molecular weight is 396 g/mol. The molecule has 3 aromatic carbocycles. The van der Waals surface area contributed by atoms with Gasteiger partial charge < -0.3 is 20.0 Å². The normalized spacial score (nSPS) is 14.7. The summed E-state index contributed by atoms with van der Waals surface area (Å²) >= 11 is 0. The highest BCUT2D eigenvalue weighted by Crippen LogP contribution is 2.37. The number of carboxylic acids is 1. The number of allylic oxidation sites excluding steroid dienone is 1. The van der Waals surface area contributed by atoms with E-state index in [2.05, 4.69) is 5.32 Å². The van der Waals surface area contributed by atoms with E-state index >= 15 is 0 Å². The summed E-state index contributed by atoms with van der Waals surface area (Å²) in [4.78, 5) is 23.5. The fourth-order valence-corrected chi connectivity index (χ4v) is 3.39. The van der Waals surface area contributed by atoms with Crippen LogP contribution in [0.25, 0.3) is 17.2 Å². The van der Waals surface area contributed by atoms with Crippen molar-refractivity contribution in [2.75, 3.05) is 6.61 Å². The van der Waals surface area contributed by atoms with Crippen LogP contribution in [0.5, 0.6) is 5.75 Å². The van der Waals surface area contributed by atoms with Crippen LogP contribution in [-0.4, -0.2) is 18.5 Å². The number of rotatable bonds is 6. The Labute approximate surface area is 173 Å². The molecule has 0 saturated carbocycles. The molecular formula is C25H18NO4-. The number of nitrogens with one attached hydrogen (secondary N) is 1. The molecule has 0 bridgehead atoms. The van der Waals surface area contributed by atoms with Gasteiger partial charge in [0.1, 0.15) is 12.4 Å². The van der Waals surface area contributed by atoms with Crippen molar-refractivity contribution in [2.24, 2.45) is 0 Å². The number of hydrogen-bond acceptors (Lipinski definition) is 4. The molecule has 1 aliphatic rings. The zero-order valence-electron chi connectivity index (χ0n) is 16.0. The summed E-state index contributed by atoms with van der Waals surface area (Å²) < 4.78 is 5.20. The third kappa shape index (κ3) is 4.15. The summed E-state index contributed by atoms with van der Waals surface area (Å²) in [6.07, 6.45) is 1.85. The second-order valence-corrected chi connectivity index (χ2v) is 6.73. The van der Waals surface area contributed by atoms with Gasteiger partial charge in [-0.3, -0.25) is 4.79 Å². The third-order valence-corrected chi connectivity index (χ3v) is 4.65.